The van der Waals surface area contributed by atoms with Crippen LogP contribution in [0.2, 0.25) is 10.0 Å². The molecule has 0 atom stereocenters. The highest BCUT2D eigenvalue weighted by molar-refractivity contribution is 7.19. The summed E-state index contributed by atoms with van der Waals surface area (Å²) in [6.07, 6.45) is 0. The molecule has 20 heavy (non-hydrogen) atoms. The van der Waals surface area contributed by atoms with Gasteiger partial charge in [0.05, 0.1) is 5.02 Å². The molecule has 2 aromatic carbocycles. The molecule has 1 aromatic heterocycles. The summed E-state index contributed by atoms with van der Waals surface area (Å²) in [6, 6.07) is 13.7. The lowest BCUT2D eigenvalue weighted by atomic mass is 10.1. The van der Waals surface area contributed by atoms with Gasteiger partial charge in [-0.1, -0.05) is 41.4 Å². The predicted octanol–water partition coefficient (Wildman–Crippen LogP) is 6.10. The normalized spacial score (nSPS) is 10.9. The Hall–Kier alpha value is -1.22. The van der Waals surface area contributed by atoms with Gasteiger partial charge in [-0.15, -0.1) is 11.3 Å². The molecule has 0 amide bonds. The predicted molar refractivity (Wildman–Crippen MR) is 87.4 cm³/mol. The molecule has 0 aliphatic rings. The first kappa shape index (κ1) is 13.7. The monoisotopic (exact) mass is 322 g/mol. The highest BCUT2D eigenvalue weighted by atomic mass is 35.5. The van der Waals surface area contributed by atoms with Crippen LogP contribution in [0.4, 0.5) is 0 Å². The number of hydrogen-bond donors (Lipinski definition) is 0. The molecule has 0 fully saturated rings. The topological polar surface area (TPSA) is 9.23 Å². The van der Waals surface area contributed by atoms with Crippen molar-refractivity contribution in [2.75, 3.05) is 0 Å². The third-order valence-electron chi connectivity index (χ3n) is 3.20. The van der Waals surface area contributed by atoms with Gasteiger partial charge in [-0.2, -0.15) is 0 Å². The Morgan fingerprint density at radius 1 is 1.10 bits per heavy atom. The number of rotatable bonds is 3. The van der Waals surface area contributed by atoms with Crippen molar-refractivity contribution in [2.24, 2.45) is 0 Å². The van der Waals surface area contributed by atoms with Gasteiger partial charge in [0.1, 0.15) is 12.4 Å². The van der Waals surface area contributed by atoms with Gasteiger partial charge in [0.25, 0.3) is 0 Å². The van der Waals surface area contributed by atoms with Crippen molar-refractivity contribution in [3.8, 4) is 5.75 Å². The molecule has 3 rings (SSSR count). The summed E-state index contributed by atoms with van der Waals surface area (Å²) < 4.78 is 7.09. The van der Waals surface area contributed by atoms with Crippen LogP contribution in [0.5, 0.6) is 5.75 Å². The van der Waals surface area contributed by atoms with Gasteiger partial charge in [-0.3, -0.25) is 0 Å². The van der Waals surface area contributed by atoms with Crippen molar-refractivity contribution < 1.29 is 4.74 Å². The number of halogens is 2. The van der Waals surface area contributed by atoms with Crippen molar-refractivity contribution >= 4 is 44.6 Å². The summed E-state index contributed by atoms with van der Waals surface area (Å²) in [6.45, 7) is 2.65. The molecule has 4 heteroatoms. The van der Waals surface area contributed by atoms with Crippen molar-refractivity contribution in [1.29, 1.82) is 0 Å². The van der Waals surface area contributed by atoms with E-state index in [-0.39, 0.29) is 0 Å². The van der Waals surface area contributed by atoms with Crippen molar-refractivity contribution in [1.82, 2.24) is 0 Å². The minimum Gasteiger partial charge on any atom is -0.486 e. The molecule has 0 unspecified atom stereocenters. The lowest BCUT2D eigenvalue weighted by Crippen LogP contribution is -1.95. The van der Waals surface area contributed by atoms with E-state index in [1.807, 2.05) is 0 Å². The Morgan fingerprint density at radius 3 is 2.65 bits per heavy atom. The standard InChI is InChI=1S/C16H12Cl2OS/c1-10-12-4-2-3-5-15(12)20-16(10)9-19-14-7-6-11(17)8-13(14)18/h2-8H,9H2,1H3. The first-order valence-corrected chi connectivity index (χ1v) is 7.77. The molecule has 0 saturated carbocycles. The Balaban J connectivity index is 1.85. The van der Waals surface area contributed by atoms with E-state index in [1.54, 1.807) is 29.5 Å². The van der Waals surface area contributed by atoms with Crippen LogP contribution in [-0.4, -0.2) is 0 Å². The summed E-state index contributed by atoms with van der Waals surface area (Å²) in [5.74, 6) is 0.660. The zero-order chi connectivity index (χ0) is 14.1. The number of aryl methyl sites for hydroxylation is 1. The fraction of sp³-hybridized carbons (Fsp3) is 0.125. The molecule has 0 aliphatic heterocycles. The van der Waals surface area contributed by atoms with Crippen molar-refractivity contribution in [3.63, 3.8) is 0 Å². The third-order valence-corrected chi connectivity index (χ3v) is 4.97. The van der Waals surface area contributed by atoms with Gasteiger partial charge < -0.3 is 4.74 Å². The molecule has 0 bridgehead atoms. The van der Waals surface area contributed by atoms with Gasteiger partial charge in [0, 0.05) is 14.6 Å². The van der Waals surface area contributed by atoms with Crippen molar-refractivity contribution in [2.45, 2.75) is 13.5 Å². The first-order chi connectivity index (χ1) is 9.65. The molecule has 1 heterocycles. The van der Waals surface area contributed by atoms with Crippen LogP contribution in [0.1, 0.15) is 10.4 Å². The van der Waals surface area contributed by atoms with Gasteiger partial charge in [-0.05, 0) is 42.1 Å². The molecule has 0 spiro atoms. The van der Waals surface area contributed by atoms with E-state index in [0.717, 1.165) is 0 Å². The molecule has 3 aromatic rings. The SMILES string of the molecule is Cc1c(COc2ccc(Cl)cc2Cl)sc2ccccc12. The van der Waals surface area contributed by atoms with E-state index in [4.69, 9.17) is 27.9 Å². The van der Waals surface area contributed by atoms with Crippen LogP contribution in [0.15, 0.2) is 42.5 Å². The molecule has 1 nitrogen and oxygen atoms in total. The molecule has 0 saturated heterocycles. The summed E-state index contributed by atoms with van der Waals surface area (Å²) in [7, 11) is 0. The largest absolute Gasteiger partial charge is 0.486 e. The highest BCUT2D eigenvalue weighted by Crippen LogP contribution is 2.33. The van der Waals surface area contributed by atoms with E-state index >= 15 is 0 Å². The van der Waals surface area contributed by atoms with Crippen molar-refractivity contribution in [3.05, 3.63) is 63.0 Å². The Bertz CT molecular complexity index is 764. The average molecular weight is 323 g/mol. The lowest BCUT2D eigenvalue weighted by Gasteiger charge is -2.07. The first-order valence-electron chi connectivity index (χ1n) is 6.20. The highest BCUT2D eigenvalue weighted by Gasteiger charge is 2.09. The molecule has 0 aliphatic carbocycles. The van der Waals surface area contributed by atoms with Crippen LogP contribution >= 0.6 is 34.5 Å². The number of fused-ring (bicyclic) bond motifs is 1. The van der Waals surface area contributed by atoms with Crippen LogP contribution in [-0.2, 0) is 6.61 Å². The van der Waals surface area contributed by atoms with Crippen LogP contribution in [0.25, 0.3) is 10.1 Å². The van der Waals surface area contributed by atoms with E-state index in [9.17, 15) is 0 Å². The number of thiophene rings is 1. The molecule has 0 N–H and O–H groups in total. The lowest BCUT2D eigenvalue weighted by molar-refractivity contribution is 0.309. The molecular formula is C16H12Cl2OS. The van der Waals surface area contributed by atoms with Crippen LogP contribution in [0.3, 0.4) is 0 Å². The fourth-order valence-corrected chi connectivity index (χ4v) is 3.69. The zero-order valence-electron chi connectivity index (χ0n) is 10.8. The Morgan fingerprint density at radius 2 is 1.90 bits per heavy atom. The second kappa shape index (κ2) is 5.65. The maximum absolute atomic E-state index is 6.11. The number of ether oxygens (including phenoxy) is 1. The molecular weight excluding hydrogens is 311 g/mol. The van der Waals surface area contributed by atoms with E-state index < -0.39 is 0 Å². The summed E-state index contributed by atoms with van der Waals surface area (Å²) in [4.78, 5) is 1.22. The minimum atomic E-state index is 0.520. The van der Waals surface area contributed by atoms with Gasteiger partial charge in [0.15, 0.2) is 0 Å². The summed E-state index contributed by atoms with van der Waals surface area (Å²) >= 11 is 13.7. The van der Waals surface area contributed by atoms with Crippen LogP contribution in [0, 0.1) is 6.92 Å². The zero-order valence-corrected chi connectivity index (χ0v) is 13.1. The van der Waals surface area contributed by atoms with Gasteiger partial charge in [0.2, 0.25) is 0 Å². The minimum absolute atomic E-state index is 0.520. The quantitative estimate of drug-likeness (QED) is 0.566. The summed E-state index contributed by atoms with van der Waals surface area (Å²) in [5.41, 5.74) is 1.27. The Kier molecular flexibility index (Phi) is 3.88. The maximum atomic E-state index is 6.11. The van der Waals surface area contributed by atoms with Crippen LogP contribution < -0.4 is 4.74 Å². The van der Waals surface area contributed by atoms with Gasteiger partial charge in [-0.25, -0.2) is 0 Å². The maximum Gasteiger partial charge on any atom is 0.138 e. The van der Waals surface area contributed by atoms with E-state index in [0.29, 0.717) is 22.4 Å². The fourth-order valence-electron chi connectivity index (χ4n) is 2.10. The smallest absolute Gasteiger partial charge is 0.138 e. The van der Waals surface area contributed by atoms with E-state index in [1.165, 1.54) is 20.5 Å². The number of benzene rings is 2. The Labute approximate surface area is 131 Å². The average Bonchev–Trinajstić information content (AvgIpc) is 2.75. The third kappa shape index (κ3) is 2.64. The van der Waals surface area contributed by atoms with E-state index in [2.05, 4.69) is 31.2 Å². The summed E-state index contributed by atoms with van der Waals surface area (Å²) in [5, 5.41) is 2.44. The number of hydrogen-bond acceptors (Lipinski definition) is 2. The molecule has 0 radical (unpaired) electrons. The second-order valence-electron chi connectivity index (χ2n) is 4.51. The van der Waals surface area contributed by atoms with Gasteiger partial charge >= 0.3 is 0 Å². The molecule has 102 valence electrons. The second-order valence-corrected chi connectivity index (χ2v) is 6.49.